The van der Waals surface area contributed by atoms with Gasteiger partial charge in [-0.25, -0.2) is 4.98 Å². The monoisotopic (exact) mass is 280 g/mol. The quantitative estimate of drug-likeness (QED) is 0.920. The smallest absolute Gasteiger partial charge is 0.252 e. The maximum atomic E-state index is 12.0. The predicted molar refractivity (Wildman–Crippen MR) is 82.0 cm³/mol. The van der Waals surface area contributed by atoms with Gasteiger partial charge in [-0.15, -0.1) is 0 Å². The van der Waals surface area contributed by atoms with E-state index in [1.807, 2.05) is 43.3 Å². The molecule has 2 heterocycles. The third-order valence-electron chi connectivity index (χ3n) is 3.59. The van der Waals surface area contributed by atoms with Crippen LogP contribution in [0, 0.1) is 0 Å². The Hall–Kier alpha value is -2.62. The van der Waals surface area contributed by atoms with E-state index in [-0.39, 0.29) is 11.9 Å². The third kappa shape index (κ3) is 2.52. The highest BCUT2D eigenvalue weighted by Gasteiger charge is 2.25. The van der Waals surface area contributed by atoms with E-state index >= 15 is 0 Å². The lowest BCUT2D eigenvalue weighted by Crippen LogP contribution is -2.38. The first kappa shape index (κ1) is 13.4. The molecule has 1 amide bonds. The van der Waals surface area contributed by atoms with Crippen LogP contribution in [0.25, 0.3) is 11.6 Å². The van der Waals surface area contributed by atoms with Crippen molar-refractivity contribution in [3.05, 3.63) is 59.3 Å². The number of benzene rings is 1. The van der Waals surface area contributed by atoms with E-state index in [0.29, 0.717) is 11.4 Å². The molecular weight excluding hydrogens is 264 g/mol. The average Bonchev–Trinajstić information content (AvgIpc) is 2.52. The van der Waals surface area contributed by atoms with Crippen molar-refractivity contribution in [3.8, 4) is 5.88 Å². The Labute approximate surface area is 123 Å². The van der Waals surface area contributed by atoms with Crippen LogP contribution in [0.2, 0.25) is 0 Å². The molecule has 1 unspecified atom stereocenters. The Kier molecular flexibility index (Phi) is 3.44. The summed E-state index contributed by atoms with van der Waals surface area (Å²) in [4.78, 5) is 16.2. The maximum absolute atomic E-state index is 12.0. The van der Waals surface area contributed by atoms with Crippen LogP contribution < -0.4 is 10.1 Å². The molecule has 0 saturated carbocycles. The van der Waals surface area contributed by atoms with E-state index in [1.54, 1.807) is 13.3 Å². The van der Waals surface area contributed by atoms with E-state index in [1.165, 1.54) is 0 Å². The van der Waals surface area contributed by atoms with Gasteiger partial charge in [0.1, 0.15) is 0 Å². The number of carbonyl (C=O) groups is 1. The highest BCUT2D eigenvalue weighted by atomic mass is 16.5. The highest BCUT2D eigenvalue weighted by molar-refractivity contribution is 6.06. The molecule has 1 aliphatic heterocycles. The first-order chi connectivity index (χ1) is 10.2. The van der Waals surface area contributed by atoms with Crippen molar-refractivity contribution in [3.63, 3.8) is 0 Å². The fourth-order valence-electron chi connectivity index (χ4n) is 2.50. The summed E-state index contributed by atoms with van der Waals surface area (Å²) in [5.74, 6) is 0.561. The number of fused-ring (bicyclic) bond motifs is 1. The summed E-state index contributed by atoms with van der Waals surface area (Å²) < 4.78 is 5.06. The minimum Gasteiger partial charge on any atom is -0.481 e. The van der Waals surface area contributed by atoms with Crippen LogP contribution in [0.1, 0.15) is 28.4 Å². The maximum Gasteiger partial charge on any atom is 0.252 e. The second-order valence-corrected chi connectivity index (χ2v) is 4.97. The molecule has 1 N–H and O–H groups in total. The van der Waals surface area contributed by atoms with Gasteiger partial charge in [0, 0.05) is 17.8 Å². The van der Waals surface area contributed by atoms with Gasteiger partial charge < -0.3 is 10.1 Å². The van der Waals surface area contributed by atoms with Gasteiger partial charge in [0.15, 0.2) is 0 Å². The molecule has 1 aromatic carbocycles. The van der Waals surface area contributed by atoms with Gasteiger partial charge in [-0.1, -0.05) is 18.2 Å². The summed E-state index contributed by atoms with van der Waals surface area (Å²) in [7, 11) is 1.59. The number of ether oxygens (including phenoxy) is 1. The number of aromatic nitrogens is 1. The van der Waals surface area contributed by atoms with Gasteiger partial charge in [-0.05, 0) is 41.8 Å². The highest BCUT2D eigenvalue weighted by Crippen LogP contribution is 2.29. The first-order valence-electron chi connectivity index (χ1n) is 6.81. The molecule has 1 aliphatic rings. The fraction of sp³-hybridized carbons (Fsp3) is 0.176. The molecule has 0 aliphatic carbocycles. The topological polar surface area (TPSA) is 51.2 Å². The second kappa shape index (κ2) is 5.40. The van der Waals surface area contributed by atoms with Crippen LogP contribution in [0.5, 0.6) is 5.88 Å². The minimum absolute atomic E-state index is 0.0249. The Morgan fingerprint density at radius 2 is 1.95 bits per heavy atom. The van der Waals surface area contributed by atoms with Gasteiger partial charge in [-0.3, -0.25) is 4.79 Å². The average molecular weight is 280 g/mol. The van der Waals surface area contributed by atoms with Crippen molar-refractivity contribution in [2.45, 2.75) is 13.0 Å². The number of amides is 1. The molecule has 21 heavy (non-hydrogen) atoms. The van der Waals surface area contributed by atoms with Crippen LogP contribution in [0.4, 0.5) is 0 Å². The zero-order valence-corrected chi connectivity index (χ0v) is 12.0. The lowest BCUT2D eigenvalue weighted by Gasteiger charge is -2.26. The summed E-state index contributed by atoms with van der Waals surface area (Å²) >= 11 is 0. The molecule has 1 atom stereocenters. The van der Waals surface area contributed by atoms with Crippen molar-refractivity contribution < 1.29 is 9.53 Å². The fourth-order valence-corrected chi connectivity index (χ4v) is 2.50. The molecule has 0 bridgehead atoms. The lowest BCUT2D eigenvalue weighted by atomic mass is 9.89. The second-order valence-electron chi connectivity index (χ2n) is 4.97. The molecular formula is C17H16N2O2. The van der Waals surface area contributed by atoms with Crippen LogP contribution in [0.3, 0.4) is 0 Å². The number of methoxy groups -OCH3 is 1. The number of carbonyl (C=O) groups excluding carboxylic acids is 1. The zero-order valence-electron chi connectivity index (χ0n) is 12.0. The van der Waals surface area contributed by atoms with E-state index in [0.717, 1.165) is 16.7 Å². The molecule has 0 spiro atoms. The first-order valence-corrected chi connectivity index (χ1v) is 6.81. The standard InChI is InChI=1S/C17H16N2O2/c1-11-15(9-12-7-8-16(21-2)18-10-12)13-5-3-4-6-14(13)17(20)19-11/h3-11H,1-2H3,(H,19,20)/b15-9-. The Bertz CT molecular complexity index is 705. The summed E-state index contributed by atoms with van der Waals surface area (Å²) in [5.41, 5.74) is 3.74. The van der Waals surface area contributed by atoms with Gasteiger partial charge in [-0.2, -0.15) is 0 Å². The molecule has 1 aromatic heterocycles. The van der Waals surface area contributed by atoms with Crippen LogP contribution in [0.15, 0.2) is 42.6 Å². The molecule has 2 aromatic rings. The summed E-state index contributed by atoms with van der Waals surface area (Å²) in [6.07, 6.45) is 3.81. The number of hydrogen-bond acceptors (Lipinski definition) is 3. The summed E-state index contributed by atoms with van der Waals surface area (Å²) in [6, 6.07) is 11.4. The SMILES string of the molecule is COc1ccc(/C=C2\c3ccccc3C(=O)NC2C)cn1. The minimum atomic E-state index is -0.0329. The zero-order chi connectivity index (χ0) is 14.8. The van der Waals surface area contributed by atoms with Gasteiger partial charge >= 0.3 is 0 Å². The van der Waals surface area contributed by atoms with E-state index < -0.39 is 0 Å². The molecule has 3 rings (SSSR count). The van der Waals surface area contributed by atoms with Gasteiger partial charge in [0.2, 0.25) is 5.88 Å². The van der Waals surface area contributed by atoms with Crippen molar-refractivity contribution in [2.75, 3.05) is 7.11 Å². The lowest BCUT2D eigenvalue weighted by molar-refractivity contribution is 0.0943. The van der Waals surface area contributed by atoms with E-state index in [4.69, 9.17) is 4.74 Å². The molecule has 4 nitrogen and oxygen atoms in total. The van der Waals surface area contributed by atoms with E-state index in [9.17, 15) is 4.79 Å². The van der Waals surface area contributed by atoms with Gasteiger partial charge in [0.05, 0.1) is 13.2 Å². The number of nitrogens with zero attached hydrogens (tertiary/aromatic N) is 1. The molecule has 0 fully saturated rings. The van der Waals surface area contributed by atoms with Gasteiger partial charge in [0.25, 0.3) is 5.91 Å². The van der Waals surface area contributed by atoms with Crippen LogP contribution >= 0.6 is 0 Å². The molecule has 0 radical (unpaired) electrons. The van der Waals surface area contributed by atoms with E-state index in [2.05, 4.69) is 16.4 Å². The Morgan fingerprint density at radius 3 is 2.62 bits per heavy atom. The van der Waals surface area contributed by atoms with Crippen LogP contribution in [-0.4, -0.2) is 24.0 Å². The van der Waals surface area contributed by atoms with Crippen molar-refractivity contribution in [1.82, 2.24) is 10.3 Å². The summed E-state index contributed by atoms with van der Waals surface area (Å²) in [6.45, 7) is 1.98. The molecule has 4 heteroatoms. The number of pyridine rings is 1. The Balaban J connectivity index is 2.05. The molecule has 106 valence electrons. The number of rotatable bonds is 2. The van der Waals surface area contributed by atoms with Crippen molar-refractivity contribution in [1.29, 1.82) is 0 Å². The third-order valence-corrected chi connectivity index (χ3v) is 3.59. The largest absolute Gasteiger partial charge is 0.481 e. The number of hydrogen-bond donors (Lipinski definition) is 1. The Morgan fingerprint density at radius 1 is 1.19 bits per heavy atom. The molecule has 0 saturated heterocycles. The summed E-state index contributed by atoms with van der Waals surface area (Å²) in [5, 5.41) is 2.98. The van der Waals surface area contributed by atoms with Crippen molar-refractivity contribution >= 4 is 17.6 Å². The van der Waals surface area contributed by atoms with Crippen LogP contribution in [-0.2, 0) is 0 Å². The number of nitrogens with one attached hydrogen (secondary N) is 1. The van der Waals surface area contributed by atoms with Crippen molar-refractivity contribution in [2.24, 2.45) is 0 Å². The normalized spacial score (nSPS) is 19.0. The predicted octanol–water partition coefficient (Wildman–Crippen LogP) is 2.76.